The molecule has 160 valence electrons. The lowest BCUT2D eigenvalue weighted by Crippen LogP contribution is -2.00. The Bertz CT molecular complexity index is 1410. The predicted octanol–water partition coefficient (Wildman–Crippen LogP) is 7.09. The van der Waals surface area contributed by atoms with Crippen molar-refractivity contribution in [3.63, 3.8) is 0 Å². The van der Waals surface area contributed by atoms with Crippen molar-refractivity contribution in [2.24, 2.45) is 0 Å². The van der Waals surface area contributed by atoms with Gasteiger partial charge in [0, 0.05) is 34.5 Å². The van der Waals surface area contributed by atoms with Gasteiger partial charge in [-0.1, -0.05) is 78.4 Å². The second kappa shape index (κ2) is 8.55. The minimum absolute atomic E-state index is 0.0544. The zero-order chi connectivity index (χ0) is 22.8. The second-order valence-electron chi connectivity index (χ2n) is 7.84. The van der Waals surface area contributed by atoms with Crippen molar-refractivity contribution in [3.8, 4) is 39.6 Å². The Morgan fingerprint density at radius 3 is 1.85 bits per heavy atom. The van der Waals surface area contributed by atoms with Crippen molar-refractivity contribution in [1.82, 2.24) is 9.55 Å². The summed E-state index contributed by atoms with van der Waals surface area (Å²) in [7, 11) is 0. The second-order valence-corrected chi connectivity index (χ2v) is 7.84. The van der Waals surface area contributed by atoms with Gasteiger partial charge in [0.25, 0.3) is 5.69 Å². The number of nitro groups is 1. The lowest BCUT2D eigenvalue weighted by Gasteiger charge is -2.14. The lowest BCUT2D eigenvalue weighted by molar-refractivity contribution is -0.384. The molecule has 0 radical (unpaired) electrons. The molecule has 1 heterocycles. The van der Waals surface area contributed by atoms with Gasteiger partial charge in [-0.05, 0) is 31.2 Å². The minimum Gasteiger partial charge on any atom is -0.292 e. The highest BCUT2D eigenvalue weighted by atomic mass is 16.6. The highest BCUT2D eigenvalue weighted by Crippen LogP contribution is 2.38. The van der Waals surface area contributed by atoms with E-state index in [0.29, 0.717) is 0 Å². The van der Waals surface area contributed by atoms with Crippen LogP contribution in [0.15, 0.2) is 109 Å². The van der Waals surface area contributed by atoms with Crippen LogP contribution in [0.3, 0.4) is 0 Å². The number of benzene rings is 4. The molecule has 1 aromatic heterocycles. The highest BCUT2D eigenvalue weighted by Gasteiger charge is 2.22. The van der Waals surface area contributed by atoms with Crippen molar-refractivity contribution in [2.45, 2.75) is 6.92 Å². The van der Waals surface area contributed by atoms with Crippen LogP contribution in [0, 0.1) is 17.0 Å². The van der Waals surface area contributed by atoms with Gasteiger partial charge in [-0.3, -0.25) is 14.7 Å². The standard InChI is InChI=1S/C28H21N3O2/c1-20-12-16-24(17-13-20)30-27(22-10-6-3-7-11-22)26(21-8-4-2-5-9-21)29-28(30)23-14-18-25(19-15-23)31(32)33/h2-19H,1H3. The first kappa shape index (κ1) is 20.4. The van der Waals surface area contributed by atoms with E-state index in [4.69, 9.17) is 4.98 Å². The molecule has 0 aliphatic rings. The van der Waals surface area contributed by atoms with E-state index in [1.165, 1.54) is 17.7 Å². The van der Waals surface area contributed by atoms with Crippen molar-refractivity contribution < 1.29 is 4.92 Å². The summed E-state index contributed by atoms with van der Waals surface area (Å²) in [6, 6.07) is 35.1. The third-order valence-corrected chi connectivity index (χ3v) is 5.60. The average Bonchev–Trinajstić information content (AvgIpc) is 3.26. The maximum Gasteiger partial charge on any atom is 0.269 e. The monoisotopic (exact) mass is 431 g/mol. The summed E-state index contributed by atoms with van der Waals surface area (Å²) in [6.45, 7) is 2.06. The first-order valence-electron chi connectivity index (χ1n) is 10.7. The molecule has 0 N–H and O–H groups in total. The van der Waals surface area contributed by atoms with E-state index in [0.717, 1.165) is 39.6 Å². The number of hydrogen-bond acceptors (Lipinski definition) is 3. The van der Waals surface area contributed by atoms with Crippen molar-refractivity contribution in [3.05, 3.63) is 125 Å². The number of rotatable bonds is 5. The van der Waals surface area contributed by atoms with E-state index < -0.39 is 0 Å². The van der Waals surface area contributed by atoms with Crippen LogP contribution >= 0.6 is 0 Å². The number of hydrogen-bond donors (Lipinski definition) is 0. The fourth-order valence-electron chi connectivity index (χ4n) is 3.95. The zero-order valence-electron chi connectivity index (χ0n) is 18.1. The van der Waals surface area contributed by atoms with Gasteiger partial charge < -0.3 is 0 Å². The van der Waals surface area contributed by atoms with E-state index in [-0.39, 0.29) is 10.6 Å². The van der Waals surface area contributed by atoms with Gasteiger partial charge in [-0.25, -0.2) is 4.98 Å². The Labute approximate surface area is 191 Å². The molecule has 4 aromatic carbocycles. The van der Waals surface area contributed by atoms with Gasteiger partial charge in [-0.2, -0.15) is 0 Å². The fraction of sp³-hybridized carbons (Fsp3) is 0.0357. The van der Waals surface area contributed by atoms with Crippen molar-refractivity contribution >= 4 is 5.69 Å². The first-order valence-corrected chi connectivity index (χ1v) is 10.7. The number of aromatic nitrogens is 2. The Morgan fingerprint density at radius 1 is 0.697 bits per heavy atom. The molecule has 5 aromatic rings. The van der Waals surface area contributed by atoms with E-state index in [2.05, 4.69) is 47.9 Å². The molecule has 5 rings (SSSR count). The summed E-state index contributed by atoms with van der Waals surface area (Å²) in [5, 5.41) is 11.2. The highest BCUT2D eigenvalue weighted by molar-refractivity contribution is 5.84. The molecule has 0 aliphatic carbocycles. The van der Waals surface area contributed by atoms with Crippen LogP contribution in [0.25, 0.3) is 39.6 Å². The Balaban J connectivity index is 1.84. The molecule has 0 aliphatic heterocycles. The smallest absolute Gasteiger partial charge is 0.269 e. The molecule has 0 atom stereocenters. The summed E-state index contributed by atoms with van der Waals surface area (Å²) < 4.78 is 2.14. The molecule has 0 spiro atoms. The summed E-state index contributed by atoms with van der Waals surface area (Å²) >= 11 is 0. The molecule has 0 fully saturated rings. The third-order valence-electron chi connectivity index (χ3n) is 5.60. The van der Waals surface area contributed by atoms with Crippen LogP contribution in [0.5, 0.6) is 0 Å². The summed E-state index contributed by atoms with van der Waals surface area (Å²) in [4.78, 5) is 15.9. The average molecular weight is 431 g/mol. The number of nitro benzene ring substituents is 1. The predicted molar refractivity (Wildman–Crippen MR) is 131 cm³/mol. The van der Waals surface area contributed by atoms with Crippen LogP contribution in [0.1, 0.15) is 5.56 Å². The van der Waals surface area contributed by atoms with E-state index >= 15 is 0 Å². The summed E-state index contributed by atoms with van der Waals surface area (Å²) in [5.74, 6) is 0.728. The minimum atomic E-state index is -0.388. The van der Waals surface area contributed by atoms with Gasteiger partial charge in [0.2, 0.25) is 0 Å². The topological polar surface area (TPSA) is 61.0 Å². The largest absolute Gasteiger partial charge is 0.292 e. The zero-order valence-corrected chi connectivity index (χ0v) is 18.1. The quantitative estimate of drug-likeness (QED) is 0.220. The van der Waals surface area contributed by atoms with Gasteiger partial charge >= 0.3 is 0 Å². The van der Waals surface area contributed by atoms with Gasteiger partial charge in [0.05, 0.1) is 16.3 Å². The van der Waals surface area contributed by atoms with Crippen LogP contribution in [-0.2, 0) is 0 Å². The summed E-state index contributed by atoms with van der Waals surface area (Å²) in [6.07, 6.45) is 0. The van der Waals surface area contributed by atoms with Crippen LogP contribution in [-0.4, -0.2) is 14.5 Å². The molecule has 33 heavy (non-hydrogen) atoms. The lowest BCUT2D eigenvalue weighted by atomic mass is 10.0. The van der Waals surface area contributed by atoms with E-state index in [9.17, 15) is 10.1 Å². The molecule has 0 amide bonds. The Hall–Kier alpha value is -4.51. The molecular formula is C28H21N3O2. The Morgan fingerprint density at radius 2 is 1.27 bits per heavy atom. The van der Waals surface area contributed by atoms with Crippen LogP contribution in [0.2, 0.25) is 0 Å². The number of aryl methyl sites for hydroxylation is 1. The van der Waals surface area contributed by atoms with Crippen molar-refractivity contribution in [1.29, 1.82) is 0 Å². The molecule has 5 heteroatoms. The normalized spacial score (nSPS) is 10.8. The molecule has 0 bridgehead atoms. The van der Waals surface area contributed by atoms with Gasteiger partial charge in [0.15, 0.2) is 0 Å². The molecule has 0 unspecified atom stereocenters. The SMILES string of the molecule is Cc1ccc(-n2c(-c3ccc([N+](=O)[O-])cc3)nc(-c3ccccc3)c2-c2ccccc2)cc1. The molecule has 0 saturated heterocycles. The molecular weight excluding hydrogens is 410 g/mol. The first-order chi connectivity index (χ1) is 16.1. The number of nitrogens with zero attached hydrogens (tertiary/aromatic N) is 3. The summed E-state index contributed by atoms with van der Waals surface area (Å²) in [5.41, 5.74) is 6.87. The number of imidazole rings is 1. The molecule has 5 nitrogen and oxygen atoms in total. The maximum absolute atomic E-state index is 11.2. The molecule has 0 saturated carbocycles. The van der Waals surface area contributed by atoms with Crippen LogP contribution in [0.4, 0.5) is 5.69 Å². The Kier molecular flexibility index (Phi) is 5.29. The van der Waals surface area contributed by atoms with E-state index in [1.807, 2.05) is 48.5 Å². The van der Waals surface area contributed by atoms with E-state index in [1.54, 1.807) is 12.1 Å². The van der Waals surface area contributed by atoms with Gasteiger partial charge in [0.1, 0.15) is 5.82 Å². The van der Waals surface area contributed by atoms with Crippen molar-refractivity contribution in [2.75, 3.05) is 0 Å². The third kappa shape index (κ3) is 3.92. The fourth-order valence-corrected chi connectivity index (χ4v) is 3.95. The van der Waals surface area contributed by atoms with Crippen LogP contribution < -0.4 is 0 Å². The van der Waals surface area contributed by atoms with Gasteiger partial charge in [-0.15, -0.1) is 0 Å². The number of non-ortho nitro benzene ring substituents is 1. The maximum atomic E-state index is 11.2.